The van der Waals surface area contributed by atoms with Gasteiger partial charge >= 0.3 is 12.1 Å². The molecule has 0 radical (unpaired) electrons. The SMILES string of the molecule is CC1(COc2ccc(C(=CC=CC(=O)O)c3ccc(C(F)(F)F)cc3)cc2)CC1. The Morgan fingerprint density at radius 1 is 1.07 bits per heavy atom. The lowest BCUT2D eigenvalue weighted by Gasteiger charge is -2.13. The van der Waals surface area contributed by atoms with Crippen molar-refractivity contribution in [3.63, 3.8) is 0 Å². The highest BCUT2D eigenvalue weighted by Crippen LogP contribution is 2.45. The van der Waals surface area contributed by atoms with Gasteiger partial charge in [-0.2, -0.15) is 13.2 Å². The Labute approximate surface area is 167 Å². The van der Waals surface area contributed by atoms with E-state index in [0.717, 1.165) is 42.4 Å². The van der Waals surface area contributed by atoms with Crippen LogP contribution in [0.25, 0.3) is 5.57 Å². The van der Waals surface area contributed by atoms with Crippen molar-refractivity contribution in [2.45, 2.75) is 25.9 Å². The molecule has 2 aromatic carbocycles. The molecule has 0 bridgehead atoms. The number of halogens is 3. The molecular weight excluding hydrogens is 381 g/mol. The molecule has 1 fully saturated rings. The van der Waals surface area contributed by atoms with Gasteiger partial charge in [-0.05, 0) is 53.8 Å². The summed E-state index contributed by atoms with van der Waals surface area (Å²) in [5.74, 6) is -0.389. The molecule has 1 saturated carbocycles. The summed E-state index contributed by atoms with van der Waals surface area (Å²) in [5, 5.41) is 8.80. The van der Waals surface area contributed by atoms with Gasteiger partial charge in [-0.3, -0.25) is 0 Å². The Hall–Kier alpha value is -3.02. The summed E-state index contributed by atoms with van der Waals surface area (Å²) in [6.07, 6.45) is 1.79. The van der Waals surface area contributed by atoms with E-state index in [2.05, 4.69) is 6.92 Å². The number of rotatable bonds is 7. The lowest BCUT2D eigenvalue weighted by atomic mass is 9.96. The first-order chi connectivity index (χ1) is 13.7. The first-order valence-corrected chi connectivity index (χ1v) is 9.18. The van der Waals surface area contributed by atoms with Crippen molar-refractivity contribution in [2.24, 2.45) is 5.41 Å². The van der Waals surface area contributed by atoms with Crippen LogP contribution in [-0.2, 0) is 11.0 Å². The molecule has 1 aliphatic rings. The smallest absolute Gasteiger partial charge is 0.416 e. The van der Waals surface area contributed by atoms with E-state index >= 15 is 0 Å². The van der Waals surface area contributed by atoms with E-state index in [-0.39, 0.29) is 5.41 Å². The van der Waals surface area contributed by atoms with Crippen molar-refractivity contribution in [3.8, 4) is 5.75 Å². The molecule has 2 aromatic rings. The standard InChI is InChI=1S/C23H21F3O3/c1-22(13-14-22)15-29-19-11-7-17(8-12-19)20(3-2-4-21(27)28)16-5-9-18(10-6-16)23(24,25)26/h2-12H,13-15H2,1H3,(H,27,28). The van der Waals surface area contributed by atoms with E-state index < -0.39 is 17.7 Å². The summed E-state index contributed by atoms with van der Waals surface area (Å²) < 4.78 is 44.3. The lowest BCUT2D eigenvalue weighted by molar-refractivity contribution is -0.137. The van der Waals surface area contributed by atoms with Crippen molar-refractivity contribution in [1.29, 1.82) is 0 Å². The molecule has 29 heavy (non-hydrogen) atoms. The fourth-order valence-electron chi connectivity index (χ4n) is 2.77. The van der Waals surface area contributed by atoms with E-state index in [4.69, 9.17) is 9.84 Å². The van der Waals surface area contributed by atoms with Gasteiger partial charge in [0.05, 0.1) is 12.2 Å². The first-order valence-electron chi connectivity index (χ1n) is 9.18. The Balaban J connectivity index is 1.86. The second-order valence-corrected chi connectivity index (χ2v) is 7.48. The highest BCUT2D eigenvalue weighted by molar-refractivity contribution is 5.84. The molecule has 1 aliphatic carbocycles. The molecule has 3 nitrogen and oxygen atoms in total. The highest BCUT2D eigenvalue weighted by Gasteiger charge is 2.38. The third kappa shape index (κ3) is 5.73. The summed E-state index contributed by atoms with van der Waals surface area (Å²) >= 11 is 0. The van der Waals surface area contributed by atoms with Crippen LogP contribution in [0.4, 0.5) is 13.2 Å². The van der Waals surface area contributed by atoms with Gasteiger partial charge in [-0.15, -0.1) is 0 Å². The number of benzene rings is 2. The van der Waals surface area contributed by atoms with Gasteiger partial charge in [0, 0.05) is 11.5 Å². The predicted octanol–water partition coefficient (Wildman–Crippen LogP) is 5.96. The molecule has 3 rings (SSSR count). The van der Waals surface area contributed by atoms with E-state index in [0.29, 0.717) is 17.7 Å². The van der Waals surface area contributed by atoms with Gasteiger partial charge < -0.3 is 9.84 Å². The molecule has 0 saturated heterocycles. The van der Waals surface area contributed by atoms with Gasteiger partial charge in [0.2, 0.25) is 0 Å². The van der Waals surface area contributed by atoms with Crippen LogP contribution in [-0.4, -0.2) is 17.7 Å². The molecule has 1 N–H and O–H groups in total. The van der Waals surface area contributed by atoms with Crippen LogP contribution < -0.4 is 4.74 Å². The molecule has 0 atom stereocenters. The summed E-state index contributed by atoms with van der Waals surface area (Å²) in [5.41, 5.74) is 1.42. The molecule has 0 unspecified atom stereocenters. The molecule has 0 spiro atoms. The predicted molar refractivity (Wildman–Crippen MR) is 105 cm³/mol. The third-order valence-electron chi connectivity index (χ3n) is 4.88. The first kappa shape index (κ1) is 20.7. The monoisotopic (exact) mass is 402 g/mol. The number of allylic oxidation sites excluding steroid dienone is 2. The second kappa shape index (κ2) is 8.15. The Morgan fingerprint density at radius 2 is 1.62 bits per heavy atom. The average Bonchev–Trinajstić information content (AvgIpc) is 3.41. The molecule has 0 aliphatic heterocycles. The van der Waals surface area contributed by atoms with Crippen molar-refractivity contribution in [1.82, 2.24) is 0 Å². The van der Waals surface area contributed by atoms with Crippen LogP contribution in [0.2, 0.25) is 0 Å². The van der Waals surface area contributed by atoms with Crippen LogP contribution in [0, 0.1) is 5.41 Å². The normalized spacial score (nSPS) is 16.1. The fourth-order valence-corrected chi connectivity index (χ4v) is 2.77. The van der Waals surface area contributed by atoms with Gasteiger partial charge in [0.25, 0.3) is 0 Å². The van der Waals surface area contributed by atoms with Crippen molar-refractivity contribution in [3.05, 3.63) is 83.4 Å². The van der Waals surface area contributed by atoms with E-state index in [1.165, 1.54) is 18.2 Å². The number of aliphatic carboxylic acids is 1. The number of alkyl halides is 3. The Morgan fingerprint density at radius 3 is 2.10 bits per heavy atom. The quantitative estimate of drug-likeness (QED) is 0.459. The molecular formula is C23H21F3O3. The minimum atomic E-state index is -4.41. The maximum atomic E-state index is 12.8. The molecule has 6 heteroatoms. The largest absolute Gasteiger partial charge is 0.493 e. The zero-order valence-corrected chi connectivity index (χ0v) is 15.9. The third-order valence-corrected chi connectivity index (χ3v) is 4.88. The topological polar surface area (TPSA) is 46.5 Å². The maximum absolute atomic E-state index is 12.8. The van der Waals surface area contributed by atoms with Crippen LogP contribution in [0.15, 0.2) is 66.8 Å². The van der Waals surface area contributed by atoms with Gasteiger partial charge in [-0.1, -0.05) is 43.3 Å². The van der Waals surface area contributed by atoms with Crippen LogP contribution in [0.3, 0.4) is 0 Å². The van der Waals surface area contributed by atoms with E-state index in [1.807, 2.05) is 12.1 Å². The average molecular weight is 402 g/mol. The number of hydrogen-bond acceptors (Lipinski definition) is 2. The van der Waals surface area contributed by atoms with Gasteiger partial charge in [0.1, 0.15) is 5.75 Å². The number of ether oxygens (including phenoxy) is 1. The van der Waals surface area contributed by atoms with Crippen LogP contribution >= 0.6 is 0 Å². The van der Waals surface area contributed by atoms with Crippen molar-refractivity contribution in [2.75, 3.05) is 6.61 Å². The van der Waals surface area contributed by atoms with Crippen molar-refractivity contribution < 1.29 is 27.8 Å². The number of carbonyl (C=O) groups is 1. The Bertz CT molecular complexity index is 919. The fraction of sp³-hybridized carbons (Fsp3) is 0.261. The number of carboxylic acids is 1. The summed E-state index contributed by atoms with van der Waals surface area (Å²) in [7, 11) is 0. The molecule has 0 heterocycles. The lowest BCUT2D eigenvalue weighted by Crippen LogP contribution is -2.08. The number of hydrogen-bond donors (Lipinski definition) is 1. The van der Waals surface area contributed by atoms with Gasteiger partial charge in [-0.25, -0.2) is 4.79 Å². The zero-order chi connectivity index (χ0) is 21.1. The summed E-state index contributed by atoms with van der Waals surface area (Å²) in [6.45, 7) is 2.82. The highest BCUT2D eigenvalue weighted by atomic mass is 19.4. The zero-order valence-electron chi connectivity index (χ0n) is 15.9. The molecule has 152 valence electrons. The van der Waals surface area contributed by atoms with E-state index in [1.54, 1.807) is 18.2 Å². The molecule has 0 aromatic heterocycles. The van der Waals surface area contributed by atoms with E-state index in [9.17, 15) is 18.0 Å². The minimum absolute atomic E-state index is 0.256. The summed E-state index contributed by atoms with van der Waals surface area (Å²) in [6, 6.07) is 12.0. The summed E-state index contributed by atoms with van der Waals surface area (Å²) in [4.78, 5) is 10.8. The Kier molecular flexibility index (Phi) is 5.82. The maximum Gasteiger partial charge on any atom is 0.416 e. The second-order valence-electron chi connectivity index (χ2n) is 7.48. The van der Waals surface area contributed by atoms with Gasteiger partial charge in [0.15, 0.2) is 0 Å². The molecule has 0 amide bonds. The minimum Gasteiger partial charge on any atom is -0.493 e. The van der Waals surface area contributed by atoms with Crippen molar-refractivity contribution >= 4 is 11.5 Å². The van der Waals surface area contributed by atoms with Crippen LogP contribution in [0.1, 0.15) is 36.5 Å². The number of carboxylic acid groups (broad SMARTS) is 1. The van der Waals surface area contributed by atoms with Crippen LogP contribution in [0.5, 0.6) is 5.75 Å².